The van der Waals surface area contributed by atoms with Gasteiger partial charge in [0.05, 0.1) is 5.56 Å². The van der Waals surface area contributed by atoms with Crippen LogP contribution in [0.4, 0.5) is 0 Å². The predicted octanol–water partition coefficient (Wildman–Crippen LogP) is 4.60. The number of hydrogen-bond acceptors (Lipinski definition) is 3. The van der Waals surface area contributed by atoms with E-state index in [0.29, 0.717) is 17.6 Å². The maximum Gasteiger partial charge on any atom is 0.335 e. The van der Waals surface area contributed by atoms with Crippen molar-refractivity contribution < 1.29 is 14.6 Å². The highest BCUT2D eigenvalue weighted by molar-refractivity contribution is 5.88. The summed E-state index contributed by atoms with van der Waals surface area (Å²) in [5.41, 5.74) is 2.04. The number of hydrogen-bond donors (Lipinski definition) is 1. The van der Waals surface area contributed by atoms with Crippen LogP contribution in [0.15, 0.2) is 12.1 Å². The molecule has 25 heavy (non-hydrogen) atoms. The molecule has 1 fully saturated rings. The zero-order chi connectivity index (χ0) is 18.6. The fourth-order valence-corrected chi connectivity index (χ4v) is 4.36. The Bertz CT molecular complexity index is 685. The van der Waals surface area contributed by atoms with Crippen LogP contribution in [-0.4, -0.2) is 33.7 Å². The highest BCUT2D eigenvalue weighted by Gasteiger charge is 2.41. The molecule has 1 aliphatic carbocycles. The number of ether oxygens (including phenoxy) is 1. The van der Waals surface area contributed by atoms with Crippen LogP contribution in [0.2, 0.25) is 0 Å². The van der Waals surface area contributed by atoms with Gasteiger partial charge in [0.2, 0.25) is 0 Å². The molecule has 0 spiro atoms. The Kier molecular flexibility index (Phi) is 4.39. The van der Waals surface area contributed by atoms with E-state index in [1.54, 1.807) is 0 Å². The highest BCUT2D eigenvalue weighted by atomic mass is 16.5. The summed E-state index contributed by atoms with van der Waals surface area (Å²) in [5, 5.41) is 9.59. The molecule has 0 amide bonds. The second-order valence-electron chi connectivity index (χ2n) is 9.24. The summed E-state index contributed by atoms with van der Waals surface area (Å²) in [4.78, 5) is 14.2. The summed E-state index contributed by atoms with van der Waals surface area (Å²) in [6.07, 6.45) is 3.33. The molecule has 1 N–H and O–H groups in total. The van der Waals surface area contributed by atoms with Crippen molar-refractivity contribution in [3.05, 3.63) is 28.8 Å². The molecule has 1 aromatic carbocycles. The molecule has 0 bridgehead atoms. The monoisotopic (exact) mass is 345 g/mol. The first kappa shape index (κ1) is 18.2. The molecule has 0 radical (unpaired) electrons. The van der Waals surface area contributed by atoms with E-state index in [1.807, 2.05) is 12.1 Å². The van der Waals surface area contributed by atoms with Crippen LogP contribution in [0.1, 0.15) is 82.3 Å². The van der Waals surface area contributed by atoms with Gasteiger partial charge in [-0.15, -0.1) is 0 Å². The second-order valence-corrected chi connectivity index (χ2v) is 9.24. The fraction of sp³-hybridized carbons (Fsp3) is 0.667. The Hall–Kier alpha value is -1.55. The van der Waals surface area contributed by atoms with Gasteiger partial charge in [-0.1, -0.05) is 13.8 Å². The van der Waals surface area contributed by atoms with Gasteiger partial charge in [0.15, 0.2) is 0 Å². The fourth-order valence-electron chi connectivity index (χ4n) is 4.36. The Morgan fingerprint density at radius 3 is 2.44 bits per heavy atom. The van der Waals surface area contributed by atoms with Crippen molar-refractivity contribution in [3.63, 3.8) is 0 Å². The summed E-state index contributed by atoms with van der Waals surface area (Å²) in [7, 11) is 0. The largest absolute Gasteiger partial charge is 0.487 e. The normalized spacial score (nSPS) is 21.1. The van der Waals surface area contributed by atoms with E-state index in [2.05, 4.69) is 46.4 Å². The Morgan fingerprint density at radius 1 is 1.28 bits per heavy atom. The second kappa shape index (κ2) is 6.01. The summed E-state index contributed by atoms with van der Waals surface area (Å²) in [5.74, 6) is 0.0322. The van der Waals surface area contributed by atoms with Crippen molar-refractivity contribution in [1.82, 2.24) is 4.90 Å². The minimum Gasteiger partial charge on any atom is -0.487 e. The van der Waals surface area contributed by atoms with Crippen LogP contribution in [0.3, 0.4) is 0 Å². The average Bonchev–Trinajstić information content (AvgIpc) is 3.26. The van der Waals surface area contributed by atoms with E-state index < -0.39 is 5.97 Å². The molecule has 0 aromatic heterocycles. The van der Waals surface area contributed by atoms with Gasteiger partial charge in [0.25, 0.3) is 0 Å². The van der Waals surface area contributed by atoms with Gasteiger partial charge in [-0.25, -0.2) is 4.79 Å². The third-order valence-corrected chi connectivity index (χ3v) is 5.42. The van der Waals surface area contributed by atoms with Crippen LogP contribution in [-0.2, 0) is 12.0 Å². The number of carboxylic acid groups (broad SMARTS) is 1. The average molecular weight is 345 g/mol. The van der Waals surface area contributed by atoms with Crippen molar-refractivity contribution in [2.24, 2.45) is 0 Å². The maximum absolute atomic E-state index is 11.7. The molecule has 3 rings (SSSR count). The molecule has 1 heterocycles. The summed E-state index contributed by atoms with van der Waals surface area (Å²) in [6, 6.07) is 4.68. The van der Waals surface area contributed by atoms with Crippen LogP contribution in [0.25, 0.3) is 0 Å². The lowest BCUT2D eigenvalue weighted by Gasteiger charge is -2.44. The number of rotatable bonds is 5. The third kappa shape index (κ3) is 3.69. The Labute approximate surface area is 151 Å². The molecule has 0 saturated heterocycles. The zero-order valence-electron chi connectivity index (χ0n) is 16.3. The van der Waals surface area contributed by atoms with E-state index in [1.165, 1.54) is 12.8 Å². The van der Waals surface area contributed by atoms with Crippen LogP contribution in [0, 0.1) is 0 Å². The van der Waals surface area contributed by atoms with Crippen molar-refractivity contribution in [1.29, 1.82) is 0 Å². The van der Waals surface area contributed by atoms with E-state index in [9.17, 15) is 9.90 Å². The first-order valence-corrected chi connectivity index (χ1v) is 9.36. The van der Waals surface area contributed by atoms with Gasteiger partial charge < -0.3 is 9.84 Å². The van der Waals surface area contributed by atoms with Crippen molar-refractivity contribution in [2.45, 2.75) is 90.4 Å². The van der Waals surface area contributed by atoms with Gasteiger partial charge >= 0.3 is 5.97 Å². The number of benzene rings is 1. The first-order chi connectivity index (χ1) is 11.5. The molecule has 1 aromatic rings. The van der Waals surface area contributed by atoms with E-state index >= 15 is 0 Å². The van der Waals surface area contributed by atoms with Crippen molar-refractivity contribution in [3.8, 4) is 5.75 Å². The summed E-state index contributed by atoms with van der Waals surface area (Å²) < 4.78 is 6.38. The van der Waals surface area contributed by atoms with Crippen molar-refractivity contribution >= 4 is 5.97 Å². The van der Waals surface area contributed by atoms with Crippen molar-refractivity contribution in [2.75, 3.05) is 0 Å². The third-order valence-electron chi connectivity index (χ3n) is 5.42. The highest BCUT2D eigenvalue weighted by Crippen LogP contribution is 2.47. The topological polar surface area (TPSA) is 49.8 Å². The lowest BCUT2D eigenvalue weighted by Crippen LogP contribution is -2.42. The molecule has 4 nitrogen and oxygen atoms in total. The number of nitrogens with zero attached hydrogens (tertiary/aromatic N) is 1. The summed E-state index contributed by atoms with van der Waals surface area (Å²) in [6.45, 7) is 13.8. The van der Waals surface area contributed by atoms with Gasteiger partial charge in [-0.3, -0.25) is 4.90 Å². The minimum absolute atomic E-state index is 0.112. The van der Waals surface area contributed by atoms with Crippen LogP contribution < -0.4 is 4.74 Å². The van der Waals surface area contributed by atoms with Gasteiger partial charge in [0.1, 0.15) is 11.4 Å². The van der Waals surface area contributed by atoms with Gasteiger partial charge in [-0.05, 0) is 64.5 Å². The SMILES string of the molecule is CC(C)N(Cc1cc(C(=O)O)cc2c1OC(C)(C)CC2(C)C)C1CC1. The molecular weight excluding hydrogens is 314 g/mol. The number of carboxylic acids is 1. The number of aromatic carboxylic acids is 1. The smallest absolute Gasteiger partial charge is 0.335 e. The molecule has 0 atom stereocenters. The lowest BCUT2D eigenvalue weighted by molar-refractivity contribution is 0.0503. The number of fused-ring (bicyclic) bond motifs is 1. The van der Waals surface area contributed by atoms with Crippen LogP contribution in [0.5, 0.6) is 5.75 Å². The molecule has 4 heteroatoms. The molecular formula is C21H31NO3. The Balaban J connectivity index is 2.10. The Morgan fingerprint density at radius 2 is 1.92 bits per heavy atom. The lowest BCUT2D eigenvalue weighted by atomic mass is 9.72. The molecule has 2 aliphatic rings. The maximum atomic E-state index is 11.7. The predicted molar refractivity (Wildman–Crippen MR) is 99.5 cm³/mol. The van der Waals surface area contributed by atoms with Gasteiger partial charge in [-0.2, -0.15) is 0 Å². The van der Waals surface area contributed by atoms with E-state index in [4.69, 9.17) is 4.74 Å². The molecule has 138 valence electrons. The van der Waals surface area contributed by atoms with Crippen LogP contribution >= 0.6 is 0 Å². The molecule has 1 aliphatic heterocycles. The van der Waals surface area contributed by atoms with E-state index in [-0.39, 0.29) is 11.0 Å². The molecule has 1 saturated carbocycles. The van der Waals surface area contributed by atoms with Gasteiger partial charge in [0, 0.05) is 29.8 Å². The quantitative estimate of drug-likeness (QED) is 0.847. The first-order valence-electron chi connectivity index (χ1n) is 9.36. The summed E-state index contributed by atoms with van der Waals surface area (Å²) >= 11 is 0. The van der Waals surface area contributed by atoms with E-state index in [0.717, 1.165) is 29.8 Å². The minimum atomic E-state index is -0.868. The zero-order valence-corrected chi connectivity index (χ0v) is 16.3. The molecule has 0 unspecified atom stereocenters. The number of carbonyl (C=O) groups is 1. The standard InChI is InChI=1S/C21H31NO3/c1-13(2)22(16-7-8-16)11-15-9-14(19(23)24)10-17-18(15)25-21(5,6)12-20(17,3)4/h9-10,13,16H,7-8,11-12H2,1-6H3,(H,23,24).